The molecule has 0 aliphatic heterocycles. The Kier molecular flexibility index (Phi) is 4.91. The van der Waals surface area contributed by atoms with Gasteiger partial charge in [0.05, 0.1) is 5.56 Å². The van der Waals surface area contributed by atoms with E-state index >= 15 is 0 Å². The van der Waals surface area contributed by atoms with Crippen molar-refractivity contribution in [1.82, 2.24) is 4.98 Å². The van der Waals surface area contributed by atoms with Gasteiger partial charge in [-0.2, -0.15) is 24.9 Å². The van der Waals surface area contributed by atoms with Gasteiger partial charge in [-0.1, -0.05) is 19.3 Å². The van der Waals surface area contributed by atoms with Crippen molar-refractivity contribution in [3.63, 3.8) is 0 Å². The first-order valence-electron chi connectivity index (χ1n) is 6.98. The van der Waals surface area contributed by atoms with Crippen LogP contribution in [0.3, 0.4) is 0 Å². The maximum Gasteiger partial charge on any atom is 0.416 e. The quantitative estimate of drug-likeness (QED) is 0.875. The van der Waals surface area contributed by atoms with E-state index < -0.39 is 11.7 Å². The van der Waals surface area contributed by atoms with Crippen LogP contribution in [0.25, 0.3) is 0 Å². The van der Waals surface area contributed by atoms with E-state index in [1.165, 1.54) is 19.3 Å². The third kappa shape index (κ3) is 4.18. The van der Waals surface area contributed by atoms with Crippen molar-refractivity contribution in [2.45, 2.75) is 43.0 Å². The number of aromatic nitrogens is 1. The van der Waals surface area contributed by atoms with E-state index in [0.717, 1.165) is 25.0 Å². The molecule has 3 nitrogen and oxygen atoms in total. The van der Waals surface area contributed by atoms with Crippen LogP contribution in [-0.4, -0.2) is 22.5 Å². The molecule has 0 amide bonds. The minimum absolute atomic E-state index is 0.0862. The largest absolute Gasteiger partial charge is 0.416 e. The number of nitrogens with zero attached hydrogens (tertiary/aromatic N) is 1. The number of nitrogen functional groups attached to an aromatic ring is 1. The summed E-state index contributed by atoms with van der Waals surface area (Å²) in [7, 11) is 0. The van der Waals surface area contributed by atoms with E-state index in [0.29, 0.717) is 6.54 Å². The number of nitrogens with two attached hydrogens (primary N) is 1. The summed E-state index contributed by atoms with van der Waals surface area (Å²) >= 11 is 1.78. The number of pyridine rings is 1. The molecule has 0 saturated heterocycles. The fourth-order valence-electron chi connectivity index (χ4n) is 2.71. The highest BCUT2D eigenvalue weighted by Crippen LogP contribution is 2.39. The number of hydrogen-bond donors (Lipinski definition) is 2. The van der Waals surface area contributed by atoms with E-state index in [9.17, 15) is 13.2 Å². The molecule has 118 valence electrons. The lowest BCUT2D eigenvalue weighted by atomic mass is 9.88. The third-order valence-corrected chi connectivity index (χ3v) is 5.38. The maximum absolute atomic E-state index is 12.8. The summed E-state index contributed by atoms with van der Waals surface area (Å²) in [5.74, 6) is 0.0792. The number of alkyl halides is 3. The van der Waals surface area contributed by atoms with Crippen LogP contribution < -0.4 is 11.1 Å². The molecule has 2 rings (SSSR count). The molecule has 0 unspecified atom stereocenters. The van der Waals surface area contributed by atoms with E-state index in [-0.39, 0.29) is 16.4 Å². The van der Waals surface area contributed by atoms with Gasteiger partial charge in [0.2, 0.25) is 0 Å². The molecule has 1 heterocycles. The second kappa shape index (κ2) is 6.34. The van der Waals surface area contributed by atoms with Gasteiger partial charge in [0.15, 0.2) is 0 Å². The molecule has 0 radical (unpaired) electrons. The van der Waals surface area contributed by atoms with Crippen LogP contribution in [0.4, 0.5) is 24.8 Å². The van der Waals surface area contributed by atoms with Crippen molar-refractivity contribution in [1.29, 1.82) is 0 Å². The van der Waals surface area contributed by atoms with Crippen LogP contribution in [0.15, 0.2) is 12.1 Å². The predicted octanol–water partition coefficient (Wildman–Crippen LogP) is 4.16. The summed E-state index contributed by atoms with van der Waals surface area (Å²) in [5.41, 5.74) is 4.71. The van der Waals surface area contributed by atoms with Crippen LogP contribution in [0.5, 0.6) is 0 Å². The van der Waals surface area contributed by atoms with Crippen molar-refractivity contribution >= 4 is 23.4 Å². The molecule has 1 aromatic heterocycles. The molecule has 0 spiro atoms. The van der Waals surface area contributed by atoms with Gasteiger partial charge in [0.1, 0.15) is 11.6 Å². The van der Waals surface area contributed by atoms with Crippen LogP contribution in [-0.2, 0) is 6.18 Å². The fourth-order valence-corrected chi connectivity index (χ4v) is 3.62. The van der Waals surface area contributed by atoms with Gasteiger partial charge in [-0.25, -0.2) is 4.98 Å². The first-order chi connectivity index (χ1) is 9.85. The third-order valence-electron chi connectivity index (χ3n) is 3.96. The standard InChI is InChI=1S/C14H20F3N3S/c1-21-13(5-3-2-4-6-13)9-19-12-8-10(14(15,16)17)7-11(18)20-12/h7-8H,2-6,9H2,1H3,(H3,18,19,20). The Bertz CT molecular complexity index is 485. The molecule has 1 fully saturated rings. The Labute approximate surface area is 126 Å². The molecule has 0 aromatic carbocycles. The smallest absolute Gasteiger partial charge is 0.384 e. The Hall–Kier alpha value is -1.11. The summed E-state index contributed by atoms with van der Waals surface area (Å²) in [5, 5.41) is 3.05. The van der Waals surface area contributed by atoms with Crippen molar-refractivity contribution in [2.24, 2.45) is 0 Å². The number of hydrogen-bond acceptors (Lipinski definition) is 4. The zero-order valence-electron chi connectivity index (χ0n) is 12.0. The Morgan fingerprint density at radius 1 is 1.29 bits per heavy atom. The molecule has 7 heteroatoms. The zero-order chi connectivity index (χ0) is 15.5. The fraction of sp³-hybridized carbons (Fsp3) is 0.643. The summed E-state index contributed by atoms with van der Waals surface area (Å²) in [6, 6.07) is 1.88. The highest BCUT2D eigenvalue weighted by atomic mass is 32.2. The van der Waals surface area contributed by atoms with Crippen LogP contribution in [0.2, 0.25) is 0 Å². The van der Waals surface area contributed by atoms with Gasteiger partial charge in [-0.05, 0) is 31.2 Å². The summed E-state index contributed by atoms with van der Waals surface area (Å²) in [6.45, 7) is 0.613. The van der Waals surface area contributed by atoms with Gasteiger partial charge in [-0.15, -0.1) is 0 Å². The van der Waals surface area contributed by atoms with Crippen LogP contribution in [0, 0.1) is 0 Å². The minimum atomic E-state index is -4.41. The summed E-state index contributed by atoms with van der Waals surface area (Å²) < 4.78 is 38.4. The van der Waals surface area contributed by atoms with Crippen molar-refractivity contribution in [2.75, 3.05) is 23.9 Å². The highest BCUT2D eigenvalue weighted by molar-refractivity contribution is 8.00. The summed E-state index contributed by atoms with van der Waals surface area (Å²) in [6.07, 6.45) is 3.38. The second-order valence-electron chi connectivity index (χ2n) is 5.47. The second-order valence-corrected chi connectivity index (χ2v) is 6.74. The van der Waals surface area contributed by atoms with Gasteiger partial charge in [-0.3, -0.25) is 0 Å². The molecule has 1 aliphatic rings. The Morgan fingerprint density at radius 2 is 1.95 bits per heavy atom. The number of anilines is 2. The lowest BCUT2D eigenvalue weighted by Gasteiger charge is -2.36. The van der Waals surface area contributed by atoms with Crippen LogP contribution >= 0.6 is 11.8 Å². The lowest BCUT2D eigenvalue weighted by molar-refractivity contribution is -0.137. The molecule has 0 atom stereocenters. The molecule has 0 bridgehead atoms. The van der Waals surface area contributed by atoms with Crippen molar-refractivity contribution < 1.29 is 13.2 Å². The SMILES string of the molecule is CSC1(CNc2cc(C(F)(F)F)cc(N)n2)CCCCC1. The van der Waals surface area contributed by atoms with Gasteiger partial charge >= 0.3 is 6.18 Å². The predicted molar refractivity (Wildman–Crippen MR) is 81.5 cm³/mol. The maximum atomic E-state index is 12.8. The Balaban J connectivity index is 2.10. The minimum Gasteiger partial charge on any atom is -0.384 e. The molecule has 3 N–H and O–H groups in total. The molecule has 1 aliphatic carbocycles. The highest BCUT2D eigenvalue weighted by Gasteiger charge is 2.33. The van der Waals surface area contributed by atoms with E-state index in [1.807, 2.05) is 0 Å². The molecular weight excluding hydrogens is 299 g/mol. The first kappa shape index (κ1) is 16.3. The molecule has 21 heavy (non-hydrogen) atoms. The van der Waals surface area contributed by atoms with Gasteiger partial charge in [0.25, 0.3) is 0 Å². The zero-order valence-corrected chi connectivity index (χ0v) is 12.8. The van der Waals surface area contributed by atoms with Gasteiger partial charge in [0, 0.05) is 11.3 Å². The summed E-state index contributed by atoms with van der Waals surface area (Å²) in [4.78, 5) is 3.95. The van der Waals surface area contributed by atoms with Crippen LogP contribution in [0.1, 0.15) is 37.7 Å². The normalized spacial score (nSPS) is 18.5. The molecular formula is C14H20F3N3S. The average molecular weight is 319 g/mol. The first-order valence-corrected chi connectivity index (χ1v) is 8.21. The van der Waals surface area contributed by atoms with E-state index in [1.54, 1.807) is 11.8 Å². The lowest BCUT2D eigenvalue weighted by Crippen LogP contribution is -2.35. The molecule has 1 saturated carbocycles. The van der Waals surface area contributed by atoms with Crippen molar-refractivity contribution in [3.05, 3.63) is 17.7 Å². The van der Waals surface area contributed by atoms with E-state index in [4.69, 9.17) is 5.73 Å². The number of thioether (sulfide) groups is 1. The number of nitrogens with one attached hydrogen (secondary N) is 1. The average Bonchev–Trinajstić information content (AvgIpc) is 2.45. The van der Waals surface area contributed by atoms with Gasteiger partial charge < -0.3 is 11.1 Å². The van der Waals surface area contributed by atoms with E-state index in [2.05, 4.69) is 16.6 Å². The monoisotopic (exact) mass is 319 g/mol. The topological polar surface area (TPSA) is 50.9 Å². The number of rotatable bonds is 4. The molecule has 1 aromatic rings. The van der Waals surface area contributed by atoms with Crippen molar-refractivity contribution in [3.8, 4) is 0 Å². The Morgan fingerprint density at radius 3 is 2.52 bits per heavy atom. The number of halogens is 3.